The average Bonchev–Trinajstić information content (AvgIpc) is 3.01. The molecule has 1 saturated heterocycles. The normalized spacial score (nSPS) is 15.2. The van der Waals surface area contributed by atoms with Gasteiger partial charge >= 0.3 is 0 Å². The van der Waals surface area contributed by atoms with Crippen LogP contribution in [0, 0.1) is 5.92 Å². The van der Waals surface area contributed by atoms with E-state index < -0.39 is 6.04 Å². The molecule has 1 heterocycles. The Morgan fingerprint density at radius 1 is 1.26 bits per heavy atom. The standard InChI is InChI=1S/C20H28ClN3O3/c1-5-23(6-2)20(27)15-10-9-14(12-16(15)21)22-19(26)18(13(3)4)24-11-7-8-17(24)25/h9-10,12-13,18H,5-8,11H2,1-4H3,(H,22,26). The van der Waals surface area contributed by atoms with Crippen LogP contribution in [0.2, 0.25) is 5.02 Å². The molecule has 6 nitrogen and oxygen atoms in total. The molecule has 1 aromatic rings. The maximum atomic E-state index is 12.8. The van der Waals surface area contributed by atoms with Crippen molar-refractivity contribution in [3.05, 3.63) is 28.8 Å². The van der Waals surface area contributed by atoms with Crippen molar-refractivity contribution in [2.45, 2.75) is 46.6 Å². The first kappa shape index (κ1) is 21.2. The minimum Gasteiger partial charge on any atom is -0.339 e. The van der Waals surface area contributed by atoms with Gasteiger partial charge in [0.25, 0.3) is 5.91 Å². The molecule has 7 heteroatoms. The fourth-order valence-corrected chi connectivity index (χ4v) is 3.69. The Bertz CT molecular complexity index is 716. The zero-order chi connectivity index (χ0) is 20.1. The Balaban J connectivity index is 2.16. The van der Waals surface area contributed by atoms with Crippen LogP contribution in [-0.2, 0) is 9.59 Å². The number of nitrogens with one attached hydrogen (secondary N) is 1. The van der Waals surface area contributed by atoms with Crippen LogP contribution in [-0.4, -0.2) is 53.2 Å². The van der Waals surface area contributed by atoms with E-state index in [9.17, 15) is 14.4 Å². The number of hydrogen-bond acceptors (Lipinski definition) is 3. The van der Waals surface area contributed by atoms with E-state index in [1.807, 2.05) is 27.7 Å². The lowest BCUT2D eigenvalue weighted by atomic mass is 10.0. The number of nitrogens with zero attached hydrogens (tertiary/aromatic N) is 2. The van der Waals surface area contributed by atoms with Gasteiger partial charge in [-0.25, -0.2) is 0 Å². The van der Waals surface area contributed by atoms with Gasteiger partial charge in [-0.2, -0.15) is 0 Å². The molecule has 27 heavy (non-hydrogen) atoms. The summed E-state index contributed by atoms with van der Waals surface area (Å²) in [6, 6.07) is 4.36. The van der Waals surface area contributed by atoms with Crippen molar-refractivity contribution in [1.29, 1.82) is 0 Å². The van der Waals surface area contributed by atoms with Crippen LogP contribution in [0.5, 0.6) is 0 Å². The smallest absolute Gasteiger partial charge is 0.255 e. The van der Waals surface area contributed by atoms with Crippen molar-refractivity contribution >= 4 is 35.0 Å². The number of halogens is 1. The van der Waals surface area contributed by atoms with Crippen LogP contribution < -0.4 is 5.32 Å². The minimum atomic E-state index is -0.518. The highest BCUT2D eigenvalue weighted by Gasteiger charge is 2.35. The molecule has 0 aliphatic carbocycles. The maximum Gasteiger partial charge on any atom is 0.255 e. The van der Waals surface area contributed by atoms with E-state index in [4.69, 9.17) is 11.6 Å². The van der Waals surface area contributed by atoms with Crippen molar-refractivity contribution < 1.29 is 14.4 Å². The molecule has 0 bridgehead atoms. The number of anilines is 1. The second kappa shape index (κ2) is 9.22. The monoisotopic (exact) mass is 393 g/mol. The number of rotatable bonds is 7. The summed E-state index contributed by atoms with van der Waals surface area (Å²) >= 11 is 6.29. The third kappa shape index (κ3) is 4.80. The van der Waals surface area contributed by atoms with E-state index in [2.05, 4.69) is 5.32 Å². The zero-order valence-corrected chi connectivity index (χ0v) is 17.2. The highest BCUT2D eigenvalue weighted by molar-refractivity contribution is 6.34. The van der Waals surface area contributed by atoms with E-state index >= 15 is 0 Å². The van der Waals surface area contributed by atoms with Gasteiger partial charge in [0.2, 0.25) is 11.8 Å². The Hall–Kier alpha value is -2.08. The molecular formula is C20H28ClN3O3. The van der Waals surface area contributed by atoms with Crippen LogP contribution in [0.4, 0.5) is 5.69 Å². The first-order valence-electron chi connectivity index (χ1n) is 9.49. The number of likely N-dealkylation sites (tertiary alicyclic amines) is 1. The second-order valence-corrected chi connectivity index (χ2v) is 7.45. The van der Waals surface area contributed by atoms with Gasteiger partial charge in [0.15, 0.2) is 0 Å². The Kier molecular flexibility index (Phi) is 7.25. The molecule has 0 radical (unpaired) electrons. The summed E-state index contributed by atoms with van der Waals surface area (Å²) in [5.41, 5.74) is 0.923. The predicted molar refractivity (Wildman–Crippen MR) is 107 cm³/mol. The molecule has 148 valence electrons. The lowest BCUT2D eigenvalue weighted by molar-refractivity contribution is -0.136. The van der Waals surface area contributed by atoms with E-state index in [-0.39, 0.29) is 23.6 Å². The average molecular weight is 394 g/mol. The Morgan fingerprint density at radius 3 is 2.41 bits per heavy atom. The molecule has 0 saturated carbocycles. The highest BCUT2D eigenvalue weighted by atomic mass is 35.5. The van der Waals surface area contributed by atoms with E-state index in [1.54, 1.807) is 28.0 Å². The molecule has 0 aromatic heterocycles. The van der Waals surface area contributed by atoms with Crippen LogP contribution in [0.15, 0.2) is 18.2 Å². The molecule has 1 aliphatic rings. The van der Waals surface area contributed by atoms with Crippen molar-refractivity contribution in [3.63, 3.8) is 0 Å². The van der Waals surface area contributed by atoms with Crippen molar-refractivity contribution in [2.75, 3.05) is 25.0 Å². The second-order valence-electron chi connectivity index (χ2n) is 7.04. The van der Waals surface area contributed by atoms with Crippen molar-refractivity contribution in [1.82, 2.24) is 9.80 Å². The lowest BCUT2D eigenvalue weighted by Crippen LogP contribution is -2.47. The van der Waals surface area contributed by atoms with Crippen molar-refractivity contribution in [3.8, 4) is 0 Å². The topological polar surface area (TPSA) is 69.7 Å². The molecule has 1 fully saturated rings. The first-order valence-corrected chi connectivity index (χ1v) is 9.87. The van der Waals surface area contributed by atoms with Gasteiger partial charge in [-0.3, -0.25) is 14.4 Å². The summed E-state index contributed by atoms with van der Waals surface area (Å²) in [5.74, 6) is -0.363. The summed E-state index contributed by atoms with van der Waals surface area (Å²) in [5, 5.41) is 3.14. The largest absolute Gasteiger partial charge is 0.339 e. The third-order valence-electron chi connectivity index (χ3n) is 4.86. The van der Waals surface area contributed by atoms with Gasteiger partial charge in [0.1, 0.15) is 6.04 Å². The van der Waals surface area contributed by atoms with Crippen molar-refractivity contribution in [2.24, 2.45) is 5.92 Å². The summed E-state index contributed by atoms with van der Waals surface area (Å²) in [7, 11) is 0. The number of benzene rings is 1. The Morgan fingerprint density at radius 2 is 1.93 bits per heavy atom. The molecule has 1 atom stereocenters. The van der Waals surface area contributed by atoms with Crippen LogP contribution in [0.3, 0.4) is 0 Å². The third-order valence-corrected chi connectivity index (χ3v) is 5.18. The van der Waals surface area contributed by atoms with Gasteiger partial charge in [-0.1, -0.05) is 25.4 Å². The summed E-state index contributed by atoms with van der Waals surface area (Å²) in [6.07, 6.45) is 1.27. The van der Waals surface area contributed by atoms with E-state index in [1.165, 1.54) is 0 Å². The van der Waals surface area contributed by atoms with E-state index in [0.29, 0.717) is 42.3 Å². The van der Waals surface area contributed by atoms with Gasteiger partial charge in [-0.15, -0.1) is 0 Å². The van der Waals surface area contributed by atoms with Gasteiger partial charge in [0, 0.05) is 31.7 Å². The fourth-order valence-electron chi connectivity index (χ4n) is 3.43. The molecule has 1 aromatic carbocycles. The quantitative estimate of drug-likeness (QED) is 0.771. The lowest BCUT2D eigenvalue weighted by Gasteiger charge is -2.30. The number of amides is 3. The van der Waals surface area contributed by atoms with Gasteiger partial charge < -0.3 is 15.1 Å². The molecule has 1 N–H and O–H groups in total. The summed E-state index contributed by atoms with van der Waals surface area (Å²) in [4.78, 5) is 40.7. The van der Waals surface area contributed by atoms with Crippen LogP contribution >= 0.6 is 11.6 Å². The minimum absolute atomic E-state index is 0.00830. The number of carbonyl (C=O) groups excluding carboxylic acids is 3. The maximum absolute atomic E-state index is 12.8. The molecular weight excluding hydrogens is 366 g/mol. The van der Waals surface area contributed by atoms with Crippen LogP contribution in [0.25, 0.3) is 0 Å². The number of carbonyl (C=O) groups is 3. The predicted octanol–water partition coefficient (Wildman–Crippen LogP) is 3.41. The molecule has 2 rings (SSSR count). The summed E-state index contributed by atoms with van der Waals surface area (Å²) in [6.45, 7) is 9.48. The van der Waals surface area contributed by atoms with Gasteiger partial charge in [0.05, 0.1) is 10.6 Å². The van der Waals surface area contributed by atoms with Crippen LogP contribution in [0.1, 0.15) is 50.9 Å². The highest BCUT2D eigenvalue weighted by Crippen LogP contribution is 2.25. The molecule has 1 unspecified atom stereocenters. The fraction of sp³-hybridized carbons (Fsp3) is 0.550. The Labute approximate surface area is 165 Å². The SMILES string of the molecule is CCN(CC)C(=O)c1ccc(NC(=O)C(C(C)C)N2CCCC2=O)cc1Cl. The van der Waals surface area contributed by atoms with E-state index in [0.717, 1.165) is 6.42 Å². The first-order chi connectivity index (χ1) is 12.8. The molecule has 3 amide bonds. The number of hydrogen-bond donors (Lipinski definition) is 1. The molecule has 1 aliphatic heterocycles. The zero-order valence-electron chi connectivity index (χ0n) is 16.4. The summed E-state index contributed by atoms with van der Waals surface area (Å²) < 4.78 is 0. The molecule has 0 spiro atoms. The van der Waals surface area contributed by atoms with Gasteiger partial charge in [-0.05, 0) is 44.4 Å².